The van der Waals surface area contributed by atoms with Crippen LogP contribution in [-0.2, 0) is 11.3 Å². The van der Waals surface area contributed by atoms with E-state index < -0.39 is 17.7 Å². The summed E-state index contributed by atoms with van der Waals surface area (Å²) in [6.07, 6.45) is 2.13. The second-order valence-electron chi connectivity index (χ2n) is 5.80. The summed E-state index contributed by atoms with van der Waals surface area (Å²) in [4.78, 5) is 2.02. The third-order valence-electron chi connectivity index (χ3n) is 4.35. The molecule has 110 valence electrons. The molecule has 2 saturated heterocycles. The lowest BCUT2D eigenvalue weighted by Crippen LogP contribution is -2.54. The predicted octanol–water partition coefficient (Wildman–Crippen LogP) is 2.08. The summed E-state index contributed by atoms with van der Waals surface area (Å²) in [6, 6.07) is 3.55. The van der Waals surface area contributed by atoms with Gasteiger partial charge in [-0.15, -0.1) is 0 Å². The van der Waals surface area contributed by atoms with Gasteiger partial charge in [0, 0.05) is 32.3 Å². The van der Waals surface area contributed by atoms with Crippen LogP contribution in [0.3, 0.4) is 0 Å². The van der Waals surface area contributed by atoms with Gasteiger partial charge in [-0.1, -0.05) is 0 Å². The van der Waals surface area contributed by atoms with Gasteiger partial charge in [0.2, 0.25) is 0 Å². The maximum absolute atomic E-state index is 13.2. The second kappa shape index (κ2) is 5.39. The molecule has 3 nitrogen and oxygen atoms in total. The molecule has 1 aromatic carbocycles. The number of aliphatic hydroxyl groups is 1. The summed E-state index contributed by atoms with van der Waals surface area (Å²) < 4.78 is 32.1. The molecule has 1 N–H and O–H groups in total. The number of nitrogens with zero attached hydrogens (tertiary/aromatic N) is 1. The molecule has 0 aliphatic carbocycles. The number of β-amino-alcohol motifs (C(OH)–C–C–N with tert-alkyl or cyclic N) is 1. The maximum atomic E-state index is 13.2. The number of benzene rings is 1. The van der Waals surface area contributed by atoms with Crippen molar-refractivity contribution in [1.29, 1.82) is 0 Å². The van der Waals surface area contributed by atoms with Crippen molar-refractivity contribution in [2.75, 3.05) is 19.7 Å². The van der Waals surface area contributed by atoms with Crippen molar-refractivity contribution >= 4 is 0 Å². The van der Waals surface area contributed by atoms with Crippen LogP contribution in [0.2, 0.25) is 0 Å². The number of rotatable bonds is 2. The second-order valence-corrected chi connectivity index (χ2v) is 5.80. The highest BCUT2D eigenvalue weighted by Crippen LogP contribution is 2.36. The van der Waals surface area contributed by atoms with Crippen molar-refractivity contribution in [3.8, 4) is 0 Å². The number of hydrogen-bond acceptors (Lipinski definition) is 3. The normalized spacial score (nSPS) is 31.1. The van der Waals surface area contributed by atoms with Crippen LogP contribution >= 0.6 is 0 Å². The van der Waals surface area contributed by atoms with Gasteiger partial charge in [0.1, 0.15) is 11.6 Å². The molecule has 5 heteroatoms. The van der Waals surface area contributed by atoms with Gasteiger partial charge in [-0.3, -0.25) is 4.90 Å². The Kier molecular flexibility index (Phi) is 3.75. The van der Waals surface area contributed by atoms with Gasteiger partial charge in [0.15, 0.2) is 0 Å². The molecule has 2 heterocycles. The van der Waals surface area contributed by atoms with E-state index in [1.807, 2.05) is 4.90 Å². The van der Waals surface area contributed by atoms with Crippen LogP contribution < -0.4 is 0 Å². The molecular weight excluding hydrogens is 264 g/mol. The fourth-order valence-electron chi connectivity index (χ4n) is 3.30. The highest BCUT2D eigenvalue weighted by Gasteiger charge is 2.45. The fraction of sp³-hybridized carbons (Fsp3) is 0.600. The highest BCUT2D eigenvalue weighted by molar-refractivity contribution is 5.18. The first-order valence-corrected chi connectivity index (χ1v) is 7.07. The minimum absolute atomic E-state index is 0.385. The number of ether oxygens (including phenoxy) is 1. The van der Waals surface area contributed by atoms with Crippen molar-refractivity contribution in [1.82, 2.24) is 4.90 Å². The molecular formula is C15H19F2NO2. The predicted molar refractivity (Wildman–Crippen MR) is 70.2 cm³/mol. The number of piperidine rings is 1. The molecule has 1 aromatic rings. The summed E-state index contributed by atoms with van der Waals surface area (Å²) in [5.41, 5.74) is 0.210. The van der Waals surface area contributed by atoms with Crippen molar-refractivity contribution in [2.24, 2.45) is 0 Å². The lowest BCUT2D eigenvalue weighted by molar-refractivity contribution is -0.130. The molecule has 20 heavy (non-hydrogen) atoms. The smallest absolute Gasteiger partial charge is 0.126 e. The summed E-state index contributed by atoms with van der Waals surface area (Å²) >= 11 is 0. The molecule has 2 fully saturated rings. The molecule has 0 amide bonds. The third kappa shape index (κ3) is 2.71. The Balaban J connectivity index is 1.65. The van der Waals surface area contributed by atoms with Crippen LogP contribution in [0.25, 0.3) is 0 Å². The van der Waals surface area contributed by atoms with E-state index in [1.165, 1.54) is 12.1 Å². The maximum Gasteiger partial charge on any atom is 0.126 e. The number of aliphatic hydroxyl groups excluding tert-OH is 1. The molecule has 0 bridgehead atoms. The molecule has 2 aliphatic heterocycles. The Labute approximate surface area is 117 Å². The lowest BCUT2D eigenvalue weighted by Gasteiger charge is -2.42. The Bertz CT molecular complexity index is 469. The molecule has 2 atom stereocenters. The van der Waals surface area contributed by atoms with Crippen LogP contribution in [0, 0.1) is 11.6 Å². The van der Waals surface area contributed by atoms with Gasteiger partial charge >= 0.3 is 0 Å². The van der Waals surface area contributed by atoms with Crippen LogP contribution in [0.15, 0.2) is 18.2 Å². The molecule has 1 spiro atoms. The molecule has 2 aliphatic rings. The Morgan fingerprint density at radius 1 is 1.25 bits per heavy atom. The van der Waals surface area contributed by atoms with Gasteiger partial charge in [0.25, 0.3) is 0 Å². The Hall–Kier alpha value is -1.04. The van der Waals surface area contributed by atoms with Crippen LogP contribution in [0.5, 0.6) is 0 Å². The number of hydrogen-bond donors (Lipinski definition) is 1. The molecule has 0 unspecified atom stereocenters. The zero-order valence-electron chi connectivity index (χ0n) is 11.3. The quantitative estimate of drug-likeness (QED) is 0.902. The van der Waals surface area contributed by atoms with E-state index in [9.17, 15) is 13.9 Å². The zero-order chi connectivity index (χ0) is 14.2. The fourth-order valence-corrected chi connectivity index (χ4v) is 3.30. The summed E-state index contributed by atoms with van der Waals surface area (Å²) in [6.45, 7) is 2.42. The summed E-state index contributed by atoms with van der Waals surface area (Å²) in [5, 5.41) is 10.3. The van der Waals surface area contributed by atoms with E-state index in [0.29, 0.717) is 25.3 Å². The largest absolute Gasteiger partial charge is 0.389 e. The Morgan fingerprint density at radius 2 is 2.00 bits per heavy atom. The highest BCUT2D eigenvalue weighted by atomic mass is 19.1. The SMILES string of the molecule is O[C@H]1CN(Cc2cc(F)cc(F)c2)CC[C@@]12CCCO2. The van der Waals surface area contributed by atoms with Crippen LogP contribution in [0.1, 0.15) is 24.8 Å². The van der Waals surface area contributed by atoms with E-state index in [1.54, 1.807) is 0 Å². The van der Waals surface area contributed by atoms with E-state index in [-0.39, 0.29) is 5.60 Å². The van der Waals surface area contributed by atoms with Crippen molar-refractivity contribution in [3.05, 3.63) is 35.4 Å². The zero-order valence-corrected chi connectivity index (χ0v) is 11.3. The molecule has 0 aromatic heterocycles. The van der Waals surface area contributed by atoms with Crippen molar-refractivity contribution < 1.29 is 18.6 Å². The van der Waals surface area contributed by atoms with Gasteiger partial charge in [-0.25, -0.2) is 8.78 Å². The van der Waals surface area contributed by atoms with E-state index >= 15 is 0 Å². The number of likely N-dealkylation sites (tertiary alicyclic amines) is 1. The first-order chi connectivity index (χ1) is 9.57. The first kappa shape index (κ1) is 13.9. The van der Waals surface area contributed by atoms with Crippen LogP contribution in [-0.4, -0.2) is 41.4 Å². The van der Waals surface area contributed by atoms with E-state index in [2.05, 4.69) is 0 Å². The van der Waals surface area contributed by atoms with Crippen LogP contribution in [0.4, 0.5) is 8.78 Å². The Morgan fingerprint density at radius 3 is 2.60 bits per heavy atom. The van der Waals surface area contributed by atoms with Crippen molar-refractivity contribution in [3.63, 3.8) is 0 Å². The van der Waals surface area contributed by atoms with Gasteiger partial charge in [-0.2, -0.15) is 0 Å². The minimum atomic E-state index is -0.562. The third-order valence-corrected chi connectivity index (χ3v) is 4.35. The van der Waals surface area contributed by atoms with E-state index in [0.717, 1.165) is 31.9 Å². The van der Waals surface area contributed by atoms with E-state index in [4.69, 9.17) is 4.74 Å². The summed E-state index contributed by atoms with van der Waals surface area (Å²) in [5.74, 6) is -1.12. The van der Waals surface area contributed by atoms with Gasteiger partial charge < -0.3 is 9.84 Å². The van der Waals surface area contributed by atoms with Gasteiger partial charge in [-0.05, 0) is 37.0 Å². The van der Waals surface area contributed by atoms with Crippen molar-refractivity contribution in [2.45, 2.75) is 37.5 Å². The molecule has 0 radical (unpaired) electrons. The molecule has 3 rings (SSSR count). The number of halogens is 2. The molecule has 0 saturated carbocycles. The minimum Gasteiger partial charge on any atom is -0.389 e. The average molecular weight is 283 g/mol. The first-order valence-electron chi connectivity index (χ1n) is 7.07. The monoisotopic (exact) mass is 283 g/mol. The summed E-state index contributed by atoms with van der Waals surface area (Å²) in [7, 11) is 0. The standard InChI is InChI=1S/C15H19F2NO2/c16-12-6-11(7-13(17)8-12)9-18-4-3-15(14(19)10-18)2-1-5-20-15/h6-8,14,19H,1-5,9-10H2/t14-,15-/m0/s1. The van der Waals surface area contributed by atoms with Gasteiger partial charge in [0.05, 0.1) is 11.7 Å². The lowest BCUT2D eigenvalue weighted by atomic mass is 9.86. The average Bonchev–Trinajstić information content (AvgIpc) is 2.83. The topological polar surface area (TPSA) is 32.7 Å².